The van der Waals surface area contributed by atoms with E-state index in [2.05, 4.69) is 6.58 Å². The van der Waals surface area contributed by atoms with Crippen LogP contribution in [0.3, 0.4) is 0 Å². The first-order valence-electron chi connectivity index (χ1n) is 7.30. The number of Topliss-reactive ketones (excluding diaryl/α,β-unsaturated/α-hetero) is 1. The lowest BCUT2D eigenvalue weighted by Gasteiger charge is -2.31. The normalized spacial score (nSPS) is 22.5. The van der Waals surface area contributed by atoms with Crippen molar-refractivity contribution in [3.8, 4) is 0 Å². The Bertz CT molecular complexity index is 631. The number of allylic oxidation sites excluding steroid dienone is 1. The van der Waals surface area contributed by atoms with Gasteiger partial charge in [-0.3, -0.25) is 14.4 Å². The summed E-state index contributed by atoms with van der Waals surface area (Å²) in [5.41, 5.74) is -0.331. The number of carbonyl (C=O) groups is 3. The van der Waals surface area contributed by atoms with Crippen LogP contribution in [0.25, 0.3) is 0 Å². The van der Waals surface area contributed by atoms with Crippen molar-refractivity contribution in [2.75, 3.05) is 14.2 Å². The van der Waals surface area contributed by atoms with Crippen LogP contribution in [0.15, 0.2) is 42.5 Å². The van der Waals surface area contributed by atoms with Crippen molar-refractivity contribution in [1.82, 2.24) is 0 Å². The Morgan fingerprint density at radius 2 is 1.61 bits per heavy atom. The summed E-state index contributed by atoms with van der Waals surface area (Å²) >= 11 is 0. The maximum Gasteiger partial charge on any atom is 0.324 e. The lowest BCUT2D eigenvalue weighted by Crippen LogP contribution is -2.44. The fourth-order valence-corrected chi connectivity index (χ4v) is 3.60. The largest absolute Gasteiger partial charge is 0.468 e. The minimum Gasteiger partial charge on any atom is -0.468 e. The van der Waals surface area contributed by atoms with Gasteiger partial charge in [0.25, 0.3) is 0 Å². The van der Waals surface area contributed by atoms with Gasteiger partial charge in [0.05, 0.1) is 14.2 Å². The number of benzene rings is 1. The SMILES string of the molecule is C=C1CC(C(=O)OC)(C(=O)OC)C(c2ccccc2)C1C(C)=O. The van der Waals surface area contributed by atoms with Crippen molar-refractivity contribution < 1.29 is 23.9 Å². The molecule has 5 nitrogen and oxygen atoms in total. The molecule has 0 aliphatic heterocycles. The molecular weight excluding hydrogens is 296 g/mol. The van der Waals surface area contributed by atoms with Gasteiger partial charge in [-0.05, 0) is 18.9 Å². The molecule has 0 saturated heterocycles. The van der Waals surface area contributed by atoms with E-state index in [4.69, 9.17) is 9.47 Å². The molecule has 0 heterocycles. The third-order valence-corrected chi connectivity index (χ3v) is 4.51. The fourth-order valence-electron chi connectivity index (χ4n) is 3.60. The highest BCUT2D eigenvalue weighted by molar-refractivity contribution is 6.04. The fraction of sp³-hybridized carbons (Fsp3) is 0.389. The molecule has 1 saturated carbocycles. The predicted molar refractivity (Wildman–Crippen MR) is 83.6 cm³/mol. The van der Waals surface area contributed by atoms with Crippen LogP contribution in [0.1, 0.15) is 24.8 Å². The molecule has 0 aromatic heterocycles. The summed E-state index contributed by atoms with van der Waals surface area (Å²) < 4.78 is 9.79. The Morgan fingerprint density at radius 1 is 1.09 bits per heavy atom. The van der Waals surface area contributed by atoms with Gasteiger partial charge in [0.2, 0.25) is 0 Å². The molecule has 122 valence electrons. The van der Waals surface area contributed by atoms with E-state index in [9.17, 15) is 14.4 Å². The number of hydrogen-bond acceptors (Lipinski definition) is 5. The molecule has 0 amide bonds. The smallest absolute Gasteiger partial charge is 0.324 e. The second-order valence-corrected chi connectivity index (χ2v) is 5.77. The number of ether oxygens (including phenoxy) is 2. The second kappa shape index (κ2) is 6.36. The predicted octanol–water partition coefficient (Wildman–Crippen LogP) is 2.27. The van der Waals surface area contributed by atoms with Gasteiger partial charge in [0, 0.05) is 11.8 Å². The summed E-state index contributed by atoms with van der Waals surface area (Å²) in [6.45, 7) is 5.37. The Balaban J connectivity index is 2.72. The van der Waals surface area contributed by atoms with E-state index in [0.717, 1.165) is 0 Å². The molecule has 2 atom stereocenters. The van der Waals surface area contributed by atoms with E-state index in [1.807, 2.05) is 6.07 Å². The molecule has 23 heavy (non-hydrogen) atoms. The quantitative estimate of drug-likeness (QED) is 0.484. The maximum absolute atomic E-state index is 12.6. The summed E-state index contributed by atoms with van der Waals surface area (Å²) in [6.07, 6.45) is 0.0379. The van der Waals surface area contributed by atoms with E-state index < -0.39 is 29.2 Å². The Morgan fingerprint density at radius 3 is 2.04 bits per heavy atom. The molecule has 1 aromatic carbocycles. The first-order chi connectivity index (χ1) is 10.9. The summed E-state index contributed by atoms with van der Waals surface area (Å²) in [5, 5.41) is 0. The van der Waals surface area contributed by atoms with Gasteiger partial charge in [-0.25, -0.2) is 0 Å². The van der Waals surface area contributed by atoms with Crippen LogP contribution in [-0.4, -0.2) is 31.9 Å². The molecule has 1 aliphatic carbocycles. The molecule has 1 fully saturated rings. The van der Waals surface area contributed by atoms with E-state index in [-0.39, 0.29) is 12.2 Å². The molecule has 2 unspecified atom stereocenters. The van der Waals surface area contributed by atoms with Crippen LogP contribution >= 0.6 is 0 Å². The molecule has 0 bridgehead atoms. The van der Waals surface area contributed by atoms with Gasteiger partial charge < -0.3 is 9.47 Å². The van der Waals surface area contributed by atoms with Crippen LogP contribution in [-0.2, 0) is 23.9 Å². The Hall–Kier alpha value is -2.43. The van der Waals surface area contributed by atoms with Crippen LogP contribution in [0.5, 0.6) is 0 Å². The summed E-state index contributed by atoms with van der Waals surface area (Å²) in [6, 6.07) is 9.01. The first kappa shape index (κ1) is 16.9. The molecule has 0 spiro atoms. The number of rotatable bonds is 4. The van der Waals surface area contributed by atoms with Gasteiger partial charge in [0.15, 0.2) is 5.41 Å². The van der Waals surface area contributed by atoms with Crippen molar-refractivity contribution in [3.05, 3.63) is 48.0 Å². The van der Waals surface area contributed by atoms with Crippen molar-refractivity contribution in [1.29, 1.82) is 0 Å². The van der Waals surface area contributed by atoms with Crippen molar-refractivity contribution in [2.24, 2.45) is 11.3 Å². The zero-order valence-electron chi connectivity index (χ0n) is 13.5. The molecule has 1 aliphatic rings. The van der Waals surface area contributed by atoms with Crippen LogP contribution in [0.4, 0.5) is 0 Å². The Kier molecular flexibility index (Phi) is 4.68. The van der Waals surface area contributed by atoms with Gasteiger partial charge in [-0.15, -0.1) is 0 Å². The van der Waals surface area contributed by atoms with Crippen molar-refractivity contribution in [3.63, 3.8) is 0 Å². The topological polar surface area (TPSA) is 69.7 Å². The maximum atomic E-state index is 12.6. The molecule has 1 aromatic rings. The van der Waals surface area contributed by atoms with Gasteiger partial charge in [0.1, 0.15) is 5.78 Å². The number of hydrogen-bond donors (Lipinski definition) is 0. The van der Waals surface area contributed by atoms with E-state index >= 15 is 0 Å². The van der Waals surface area contributed by atoms with Crippen LogP contribution in [0.2, 0.25) is 0 Å². The third kappa shape index (κ3) is 2.56. The van der Waals surface area contributed by atoms with Gasteiger partial charge in [-0.1, -0.05) is 42.5 Å². The molecule has 5 heteroatoms. The molecular formula is C18H20O5. The Labute approximate surface area is 135 Å². The summed E-state index contributed by atoms with van der Waals surface area (Å²) in [7, 11) is 2.44. The number of esters is 2. The van der Waals surface area contributed by atoms with Crippen LogP contribution in [0, 0.1) is 11.3 Å². The minimum absolute atomic E-state index is 0.0379. The van der Waals surface area contributed by atoms with Gasteiger partial charge in [-0.2, -0.15) is 0 Å². The van der Waals surface area contributed by atoms with Crippen molar-refractivity contribution in [2.45, 2.75) is 19.3 Å². The number of methoxy groups -OCH3 is 2. The monoisotopic (exact) mass is 316 g/mol. The van der Waals surface area contributed by atoms with Gasteiger partial charge >= 0.3 is 11.9 Å². The lowest BCUT2D eigenvalue weighted by molar-refractivity contribution is -0.170. The standard InChI is InChI=1S/C18H20O5/c1-11-10-18(16(20)22-3,17(21)23-4)15(14(11)12(2)19)13-8-6-5-7-9-13/h5-9,14-15H,1,10H2,2-4H3. The van der Waals surface area contributed by atoms with E-state index in [0.29, 0.717) is 11.1 Å². The highest BCUT2D eigenvalue weighted by atomic mass is 16.5. The average molecular weight is 316 g/mol. The highest BCUT2D eigenvalue weighted by Crippen LogP contribution is 2.56. The van der Waals surface area contributed by atoms with Crippen LogP contribution < -0.4 is 0 Å². The van der Waals surface area contributed by atoms with E-state index in [1.165, 1.54) is 21.1 Å². The molecule has 0 N–H and O–H groups in total. The van der Waals surface area contributed by atoms with E-state index in [1.54, 1.807) is 24.3 Å². The molecule has 2 rings (SSSR count). The first-order valence-corrected chi connectivity index (χ1v) is 7.30. The zero-order chi connectivity index (χ0) is 17.2. The number of carbonyl (C=O) groups excluding carboxylic acids is 3. The lowest BCUT2D eigenvalue weighted by atomic mass is 9.70. The molecule has 0 radical (unpaired) electrons. The number of ketones is 1. The third-order valence-electron chi connectivity index (χ3n) is 4.51. The zero-order valence-corrected chi connectivity index (χ0v) is 13.5. The highest BCUT2D eigenvalue weighted by Gasteiger charge is 2.63. The van der Waals surface area contributed by atoms with Crippen molar-refractivity contribution >= 4 is 17.7 Å². The summed E-state index contributed by atoms with van der Waals surface area (Å²) in [4.78, 5) is 37.3. The average Bonchev–Trinajstić information content (AvgIpc) is 2.88. The second-order valence-electron chi connectivity index (χ2n) is 5.77. The summed E-state index contributed by atoms with van der Waals surface area (Å²) in [5.74, 6) is -2.87. The minimum atomic E-state index is -1.59.